The lowest BCUT2D eigenvalue weighted by Crippen LogP contribution is -2.36. The second-order valence-electron chi connectivity index (χ2n) is 15.2. The van der Waals surface area contributed by atoms with Crippen molar-refractivity contribution < 1.29 is 35.2 Å². The molecule has 0 radical (unpaired) electrons. The summed E-state index contributed by atoms with van der Waals surface area (Å²) in [6.07, 6.45) is 0.835. The van der Waals surface area contributed by atoms with Crippen LogP contribution < -0.4 is 15.6 Å². The van der Waals surface area contributed by atoms with E-state index in [-0.39, 0.29) is 74.2 Å². The van der Waals surface area contributed by atoms with Crippen molar-refractivity contribution >= 4 is 55.2 Å². The molecule has 2 fully saturated rings. The fourth-order valence-electron chi connectivity index (χ4n) is 7.50. The van der Waals surface area contributed by atoms with E-state index in [0.717, 1.165) is 34.2 Å². The van der Waals surface area contributed by atoms with E-state index in [2.05, 4.69) is 20.2 Å². The first kappa shape index (κ1) is 40.3. The normalized spacial score (nSPS) is 14.9. The van der Waals surface area contributed by atoms with Crippen molar-refractivity contribution in [3.63, 3.8) is 0 Å². The second-order valence-corrected chi connectivity index (χ2v) is 17.5. The Kier molecular flexibility index (Phi) is 10.4. The number of anilines is 1. The lowest BCUT2D eigenvalue weighted by Gasteiger charge is -2.24. The van der Waals surface area contributed by atoms with Crippen LogP contribution in [0.5, 0.6) is 0 Å². The molecule has 0 saturated heterocycles. The summed E-state index contributed by atoms with van der Waals surface area (Å²) in [5.41, 5.74) is -0.0464. The number of hydrogen-bond donors (Lipinski definition) is 2. The first-order valence-corrected chi connectivity index (χ1v) is 21.2. The molecule has 2 N–H and O–H groups in total. The van der Waals surface area contributed by atoms with Crippen molar-refractivity contribution in [2.75, 3.05) is 4.72 Å². The van der Waals surface area contributed by atoms with Gasteiger partial charge in [0.25, 0.3) is 12.0 Å². The highest BCUT2D eigenvalue weighted by molar-refractivity contribution is 7.93. The molecule has 0 aliphatic heterocycles. The number of carbonyl (C=O) groups is 1. The van der Waals surface area contributed by atoms with Gasteiger partial charge in [-0.05, 0) is 85.3 Å². The molecule has 1 atom stereocenters. The van der Waals surface area contributed by atoms with Crippen LogP contribution in [0.15, 0.2) is 89.9 Å². The van der Waals surface area contributed by atoms with Gasteiger partial charge in [0.05, 0.1) is 62.0 Å². The number of benzene rings is 4. The molecule has 3 aromatic heterocycles. The molecule has 61 heavy (non-hydrogen) atoms. The summed E-state index contributed by atoms with van der Waals surface area (Å²) in [6.45, 7) is -1.05. The number of amides is 1. The third kappa shape index (κ3) is 8.21. The molecule has 2 aliphatic carbocycles. The highest BCUT2D eigenvalue weighted by Crippen LogP contribution is 2.39. The number of carbonyl (C=O) groups excluding carboxylic acids is 1. The molecule has 4 aromatic carbocycles. The number of alkyl halides is 2. The molecule has 3 heterocycles. The number of aromatic nitrogens is 6. The van der Waals surface area contributed by atoms with E-state index in [4.69, 9.17) is 16.6 Å². The number of rotatable bonds is 14. The predicted octanol–water partition coefficient (Wildman–Crippen LogP) is 7.82. The molecular formula is C42H34ClF5N8O4S. The van der Waals surface area contributed by atoms with Crippen LogP contribution in [0.25, 0.3) is 38.6 Å². The van der Waals surface area contributed by atoms with Gasteiger partial charge in [0, 0.05) is 24.2 Å². The van der Waals surface area contributed by atoms with E-state index >= 15 is 9.18 Å². The fourth-order valence-corrected chi connectivity index (χ4v) is 9.08. The van der Waals surface area contributed by atoms with Crippen molar-refractivity contribution in [2.45, 2.75) is 68.8 Å². The number of nitrogens with zero attached hydrogens (tertiary/aromatic N) is 6. The lowest BCUT2D eigenvalue weighted by atomic mass is 10.0. The number of fused-ring (bicyclic) bond motifs is 2. The number of nitrogens with one attached hydrogen (secondary N) is 2. The van der Waals surface area contributed by atoms with E-state index in [9.17, 15) is 30.8 Å². The quantitative estimate of drug-likeness (QED) is 0.106. The highest BCUT2D eigenvalue weighted by atomic mass is 35.5. The molecule has 0 spiro atoms. The van der Waals surface area contributed by atoms with Gasteiger partial charge in [-0.25, -0.2) is 35.4 Å². The smallest absolute Gasteiger partial charge is 0.266 e. The molecule has 314 valence electrons. The van der Waals surface area contributed by atoms with Gasteiger partial charge < -0.3 is 5.32 Å². The van der Waals surface area contributed by atoms with Gasteiger partial charge in [-0.15, -0.1) is 0 Å². The third-order valence-electron chi connectivity index (χ3n) is 10.6. The standard InChI is InChI=1S/C42H34ClF5N8O4S/c43-31-11-12-35(39-38(31)40(52-55(39)21-36(47)48)53-61(59,60)28-8-9-28)56-41(50-33-18-23(5-10-30(33)42(56)58)29-3-1-2-4-32(29)46)34(17-22-15-24(44)19-25(45)16-22)49-37(57)20-26-13-14-54(51-26)27-6-7-27/h1-5,10-16,18-19,27-28,34,36H,6-9,17,20-21H2,(H,49,57)(H,52,53)/t34-/m0/s1. The van der Waals surface area contributed by atoms with Gasteiger partial charge in [-0.1, -0.05) is 35.9 Å². The Morgan fingerprint density at radius 1 is 0.918 bits per heavy atom. The van der Waals surface area contributed by atoms with Gasteiger partial charge in [-0.3, -0.25) is 28.2 Å². The third-order valence-corrected chi connectivity index (χ3v) is 12.7. The van der Waals surface area contributed by atoms with Crippen LogP contribution in [0.4, 0.5) is 27.8 Å². The summed E-state index contributed by atoms with van der Waals surface area (Å²) in [5, 5.41) is 10.7. The van der Waals surface area contributed by atoms with E-state index in [1.807, 2.05) is 0 Å². The largest absolute Gasteiger partial charge is 0.345 e. The van der Waals surface area contributed by atoms with Gasteiger partial charge in [0.1, 0.15) is 29.8 Å². The maximum atomic E-state index is 15.1. The van der Waals surface area contributed by atoms with Crippen LogP contribution >= 0.6 is 11.6 Å². The minimum atomic E-state index is -4.01. The summed E-state index contributed by atoms with van der Waals surface area (Å²) in [6, 6.07) is 16.3. The van der Waals surface area contributed by atoms with Crippen LogP contribution in [-0.4, -0.2) is 55.1 Å². The topological polar surface area (TPSA) is 146 Å². The Morgan fingerprint density at radius 2 is 1.67 bits per heavy atom. The first-order chi connectivity index (χ1) is 29.2. The van der Waals surface area contributed by atoms with Crippen LogP contribution in [0.3, 0.4) is 0 Å². The molecule has 9 rings (SSSR count). The monoisotopic (exact) mass is 876 g/mol. The molecule has 12 nitrogen and oxygen atoms in total. The molecule has 7 aromatic rings. The maximum absolute atomic E-state index is 15.1. The van der Waals surface area contributed by atoms with Crippen molar-refractivity contribution in [3.8, 4) is 16.8 Å². The van der Waals surface area contributed by atoms with Crippen LogP contribution in [-0.2, 0) is 34.2 Å². The Balaban J connectivity index is 1.28. The summed E-state index contributed by atoms with van der Waals surface area (Å²) >= 11 is 6.68. The van der Waals surface area contributed by atoms with Crippen LogP contribution in [0, 0.1) is 17.5 Å². The zero-order valence-electron chi connectivity index (χ0n) is 31.8. The average Bonchev–Trinajstić information content (AvgIpc) is 4.14. The van der Waals surface area contributed by atoms with Crippen molar-refractivity contribution in [2.24, 2.45) is 0 Å². The first-order valence-electron chi connectivity index (χ1n) is 19.3. The summed E-state index contributed by atoms with van der Waals surface area (Å²) in [5.74, 6) is -3.57. The molecular weight excluding hydrogens is 843 g/mol. The fraction of sp³-hybridized carbons (Fsp3) is 0.262. The number of hydrogen-bond acceptors (Lipinski definition) is 7. The Hall–Kier alpha value is -6.14. The van der Waals surface area contributed by atoms with Gasteiger partial charge >= 0.3 is 0 Å². The summed E-state index contributed by atoms with van der Waals surface area (Å²) in [7, 11) is -4.01. The molecule has 2 saturated carbocycles. The molecule has 2 aliphatic rings. The minimum absolute atomic E-state index is 0.0194. The van der Waals surface area contributed by atoms with Crippen molar-refractivity contribution in [3.05, 3.63) is 135 Å². The van der Waals surface area contributed by atoms with Crippen LogP contribution in [0.2, 0.25) is 5.02 Å². The van der Waals surface area contributed by atoms with E-state index in [1.54, 1.807) is 23.0 Å². The van der Waals surface area contributed by atoms with E-state index in [0.29, 0.717) is 30.2 Å². The Bertz CT molecular complexity index is 3040. The molecule has 19 heteroatoms. The van der Waals surface area contributed by atoms with Gasteiger partial charge in [0.15, 0.2) is 5.82 Å². The number of sulfonamides is 1. The van der Waals surface area contributed by atoms with Gasteiger partial charge in [0.2, 0.25) is 15.9 Å². The molecule has 1 amide bonds. The zero-order valence-corrected chi connectivity index (χ0v) is 33.4. The summed E-state index contributed by atoms with van der Waals surface area (Å²) in [4.78, 5) is 33.9. The minimum Gasteiger partial charge on any atom is -0.345 e. The molecule has 0 unspecified atom stereocenters. The van der Waals surface area contributed by atoms with Crippen LogP contribution in [0.1, 0.15) is 54.8 Å². The highest BCUT2D eigenvalue weighted by Gasteiger charge is 2.37. The Morgan fingerprint density at radius 3 is 2.38 bits per heavy atom. The second kappa shape index (κ2) is 15.7. The van der Waals surface area contributed by atoms with Crippen molar-refractivity contribution in [1.82, 2.24) is 34.4 Å². The maximum Gasteiger partial charge on any atom is 0.266 e. The Labute approximate surface area is 349 Å². The van der Waals surface area contributed by atoms with E-state index in [1.165, 1.54) is 48.5 Å². The zero-order chi connectivity index (χ0) is 42.7. The van der Waals surface area contributed by atoms with Gasteiger partial charge in [-0.2, -0.15) is 10.2 Å². The van der Waals surface area contributed by atoms with Crippen molar-refractivity contribution in [1.29, 1.82) is 0 Å². The number of halogens is 6. The lowest BCUT2D eigenvalue weighted by molar-refractivity contribution is -0.121. The average molecular weight is 877 g/mol. The van der Waals surface area contributed by atoms with E-state index < -0.39 is 63.2 Å². The molecule has 0 bridgehead atoms. The summed E-state index contributed by atoms with van der Waals surface area (Å²) < 4.78 is 105. The predicted molar refractivity (Wildman–Crippen MR) is 218 cm³/mol. The SMILES string of the molecule is O=C(Cc1ccn(C2CC2)n1)N[C@@H](Cc1cc(F)cc(F)c1)c1nc2cc(-c3ccccc3F)ccc2c(=O)n1-c1ccc(Cl)c2c(NS(=O)(=O)C3CC3)nn(CC(F)F)c12.